The van der Waals surface area contributed by atoms with Gasteiger partial charge < -0.3 is 20.1 Å². The first-order valence-electron chi connectivity index (χ1n) is 12.4. The molecule has 6 heteroatoms. The number of amides is 1. The van der Waals surface area contributed by atoms with E-state index in [2.05, 4.69) is 22.1 Å². The molecule has 0 aliphatic heterocycles. The van der Waals surface area contributed by atoms with Gasteiger partial charge in [-0.2, -0.15) is 0 Å². The number of aryl methyl sites for hydroxylation is 1. The number of hydrogen-bond acceptors (Lipinski definition) is 3. The van der Waals surface area contributed by atoms with E-state index in [1.807, 2.05) is 74.5 Å². The van der Waals surface area contributed by atoms with Crippen LogP contribution in [0.4, 0.5) is 4.79 Å². The summed E-state index contributed by atoms with van der Waals surface area (Å²) in [6, 6.07) is 24.0. The van der Waals surface area contributed by atoms with Crippen molar-refractivity contribution in [2.24, 2.45) is 0 Å². The van der Waals surface area contributed by atoms with E-state index in [0.717, 1.165) is 39.1 Å². The fourth-order valence-electron chi connectivity index (χ4n) is 4.92. The lowest BCUT2D eigenvalue weighted by Crippen LogP contribution is -2.34. The maximum atomic E-state index is 12.2. The van der Waals surface area contributed by atoms with Gasteiger partial charge in [0.05, 0.1) is 22.7 Å². The average Bonchev–Trinajstić information content (AvgIpc) is 3.22. The number of imidazole rings is 1. The fraction of sp³-hybridized carbons (Fsp3) is 0.333. The van der Waals surface area contributed by atoms with Gasteiger partial charge in [-0.05, 0) is 80.8 Å². The summed E-state index contributed by atoms with van der Waals surface area (Å²) in [5, 5.41) is 20.5. The van der Waals surface area contributed by atoms with Crippen LogP contribution in [0.25, 0.3) is 22.2 Å². The van der Waals surface area contributed by atoms with Crippen molar-refractivity contribution in [3.63, 3.8) is 0 Å². The highest BCUT2D eigenvalue weighted by molar-refractivity contribution is 5.82. The quantitative estimate of drug-likeness (QED) is 0.240. The van der Waals surface area contributed by atoms with Crippen LogP contribution in [0.15, 0.2) is 72.8 Å². The minimum absolute atomic E-state index is 0.0589. The van der Waals surface area contributed by atoms with E-state index in [1.165, 1.54) is 4.90 Å². The molecule has 4 rings (SSSR count). The predicted molar refractivity (Wildman–Crippen MR) is 144 cm³/mol. The van der Waals surface area contributed by atoms with Crippen LogP contribution in [-0.2, 0) is 0 Å². The minimum atomic E-state index is -0.943. The molecule has 0 fully saturated rings. The maximum Gasteiger partial charge on any atom is 0.407 e. The van der Waals surface area contributed by atoms with E-state index in [4.69, 9.17) is 0 Å². The van der Waals surface area contributed by atoms with Crippen molar-refractivity contribution in [1.29, 1.82) is 0 Å². The Morgan fingerprint density at radius 1 is 1.00 bits per heavy atom. The Kier molecular flexibility index (Phi) is 7.45. The third-order valence-corrected chi connectivity index (χ3v) is 6.78. The molecule has 0 radical (unpaired) electrons. The number of benzene rings is 3. The van der Waals surface area contributed by atoms with Crippen molar-refractivity contribution in [3.8, 4) is 11.1 Å². The van der Waals surface area contributed by atoms with E-state index in [1.54, 1.807) is 13.8 Å². The second kappa shape index (κ2) is 10.5. The SMILES string of the molecule is Cc1nc2ccc(-c3ccc([C@H](C)N(CC[C@H](CC(C)(C)O)c4ccccc4)C(=O)O)cc3)cc2[nH]1. The van der Waals surface area contributed by atoms with Crippen molar-refractivity contribution in [3.05, 3.63) is 89.7 Å². The summed E-state index contributed by atoms with van der Waals surface area (Å²) in [6.45, 7) is 7.84. The van der Waals surface area contributed by atoms with Crippen LogP contribution in [0.2, 0.25) is 0 Å². The van der Waals surface area contributed by atoms with Crippen LogP contribution in [0.5, 0.6) is 0 Å². The molecular weight excluding hydrogens is 450 g/mol. The van der Waals surface area contributed by atoms with Crippen molar-refractivity contribution < 1.29 is 15.0 Å². The molecule has 3 aromatic carbocycles. The summed E-state index contributed by atoms with van der Waals surface area (Å²) < 4.78 is 0. The van der Waals surface area contributed by atoms with Crippen LogP contribution in [-0.4, -0.2) is 43.3 Å². The molecular formula is C30H35N3O3. The Labute approximate surface area is 212 Å². The normalized spacial score (nSPS) is 13.5. The number of rotatable bonds is 9. The largest absolute Gasteiger partial charge is 0.465 e. The Morgan fingerprint density at radius 2 is 1.67 bits per heavy atom. The number of aliphatic hydroxyl groups is 1. The number of aromatic amines is 1. The smallest absolute Gasteiger partial charge is 0.407 e. The minimum Gasteiger partial charge on any atom is -0.465 e. The van der Waals surface area contributed by atoms with Gasteiger partial charge in [-0.25, -0.2) is 9.78 Å². The van der Waals surface area contributed by atoms with Crippen molar-refractivity contribution >= 4 is 17.1 Å². The van der Waals surface area contributed by atoms with Gasteiger partial charge in [-0.15, -0.1) is 0 Å². The zero-order chi connectivity index (χ0) is 25.9. The highest BCUT2D eigenvalue weighted by Crippen LogP contribution is 2.32. The third-order valence-electron chi connectivity index (χ3n) is 6.78. The number of carbonyl (C=O) groups is 1. The summed E-state index contributed by atoms with van der Waals surface area (Å²) >= 11 is 0. The van der Waals surface area contributed by atoms with Gasteiger partial charge in [0.15, 0.2) is 0 Å². The molecule has 0 saturated heterocycles. The van der Waals surface area contributed by atoms with E-state index < -0.39 is 11.7 Å². The molecule has 188 valence electrons. The molecule has 0 spiro atoms. The number of H-pyrrole nitrogens is 1. The van der Waals surface area contributed by atoms with Crippen LogP contribution in [0.1, 0.15) is 62.5 Å². The average molecular weight is 486 g/mol. The van der Waals surface area contributed by atoms with Gasteiger partial charge in [0.1, 0.15) is 5.82 Å². The molecule has 0 aliphatic carbocycles. The molecule has 2 atom stereocenters. The van der Waals surface area contributed by atoms with Gasteiger partial charge >= 0.3 is 6.09 Å². The molecule has 36 heavy (non-hydrogen) atoms. The molecule has 0 bridgehead atoms. The van der Waals surface area contributed by atoms with E-state index in [-0.39, 0.29) is 12.0 Å². The Balaban J connectivity index is 1.50. The summed E-state index contributed by atoms with van der Waals surface area (Å²) in [5.74, 6) is 0.945. The molecule has 6 nitrogen and oxygen atoms in total. The molecule has 1 aromatic heterocycles. The summed E-state index contributed by atoms with van der Waals surface area (Å²) in [4.78, 5) is 21.5. The number of hydrogen-bond donors (Lipinski definition) is 3. The van der Waals surface area contributed by atoms with E-state index in [0.29, 0.717) is 19.4 Å². The standard InChI is InChI=1S/C30H35N3O3/c1-20(22-10-12-24(13-11-22)25-14-15-27-28(18-25)32-21(2)31-27)33(29(34)35)17-16-26(19-30(3,4)36)23-8-6-5-7-9-23/h5-15,18,20,26,36H,16-17,19H2,1-4H3,(H,31,32)(H,34,35)/t20-,26+/m0/s1. The van der Waals surface area contributed by atoms with Gasteiger partial charge in [0.2, 0.25) is 0 Å². The Bertz CT molecular complexity index is 1310. The second-order valence-corrected chi connectivity index (χ2v) is 10.2. The molecule has 0 aliphatic rings. The summed E-state index contributed by atoms with van der Waals surface area (Å²) in [7, 11) is 0. The first-order valence-corrected chi connectivity index (χ1v) is 12.4. The molecule has 1 heterocycles. The fourth-order valence-corrected chi connectivity index (χ4v) is 4.92. The molecule has 4 aromatic rings. The van der Waals surface area contributed by atoms with Crippen molar-refractivity contribution in [2.75, 3.05) is 6.54 Å². The number of nitrogens with zero attached hydrogens (tertiary/aromatic N) is 2. The van der Waals surface area contributed by atoms with Crippen molar-refractivity contribution in [2.45, 2.75) is 58.1 Å². The zero-order valence-corrected chi connectivity index (χ0v) is 21.4. The van der Waals surface area contributed by atoms with Crippen LogP contribution in [0, 0.1) is 6.92 Å². The molecule has 3 N–H and O–H groups in total. The van der Waals surface area contributed by atoms with E-state index >= 15 is 0 Å². The lowest BCUT2D eigenvalue weighted by Gasteiger charge is -2.31. The lowest BCUT2D eigenvalue weighted by atomic mass is 9.85. The van der Waals surface area contributed by atoms with Crippen LogP contribution >= 0.6 is 0 Å². The number of aromatic nitrogens is 2. The first kappa shape index (κ1) is 25.5. The highest BCUT2D eigenvalue weighted by Gasteiger charge is 2.26. The van der Waals surface area contributed by atoms with Gasteiger partial charge in [0.25, 0.3) is 0 Å². The summed E-state index contributed by atoms with van der Waals surface area (Å²) in [5.41, 5.74) is 5.31. The molecule has 0 unspecified atom stereocenters. The number of nitrogens with one attached hydrogen (secondary N) is 1. The molecule has 0 saturated carbocycles. The number of carboxylic acid groups (broad SMARTS) is 1. The van der Waals surface area contributed by atoms with Crippen LogP contribution in [0.3, 0.4) is 0 Å². The zero-order valence-electron chi connectivity index (χ0n) is 21.4. The van der Waals surface area contributed by atoms with Crippen molar-refractivity contribution in [1.82, 2.24) is 14.9 Å². The Morgan fingerprint density at radius 3 is 2.31 bits per heavy atom. The predicted octanol–water partition coefficient (Wildman–Crippen LogP) is 6.91. The molecule has 1 amide bonds. The Hall–Kier alpha value is -3.64. The number of fused-ring (bicyclic) bond motifs is 1. The van der Waals surface area contributed by atoms with Gasteiger partial charge in [-0.1, -0.05) is 60.7 Å². The third kappa shape index (κ3) is 6.13. The second-order valence-electron chi connectivity index (χ2n) is 10.2. The van der Waals surface area contributed by atoms with Gasteiger partial charge in [0, 0.05) is 6.54 Å². The summed E-state index contributed by atoms with van der Waals surface area (Å²) in [6.07, 6.45) is 0.252. The maximum absolute atomic E-state index is 12.2. The van der Waals surface area contributed by atoms with Crippen LogP contribution < -0.4 is 0 Å². The topological polar surface area (TPSA) is 89.4 Å². The lowest BCUT2D eigenvalue weighted by molar-refractivity contribution is 0.0598. The van der Waals surface area contributed by atoms with Gasteiger partial charge in [-0.3, -0.25) is 0 Å². The van der Waals surface area contributed by atoms with E-state index in [9.17, 15) is 15.0 Å². The highest BCUT2D eigenvalue weighted by atomic mass is 16.4. The first-order chi connectivity index (χ1) is 17.1. The monoisotopic (exact) mass is 485 g/mol.